The molecule has 0 atom stereocenters. The Morgan fingerprint density at radius 2 is 1.90 bits per heavy atom. The molecule has 1 aliphatic rings. The van der Waals surface area contributed by atoms with Crippen molar-refractivity contribution < 1.29 is 14.3 Å². The molecule has 1 aliphatic heterocycles. The average Bonchev–Trinajstić information content (AvgIpc) is 3.16. The zero-order valence-corrected chi connectivity index (χ0v) is 17.1. The van der Waals surface area contributed by atoms with Gasteiger partial charge in [-0.25, -0.2) is 4.98 Å². The fourth-order valence-electron chi connectivity index (χ4n) is 3.34. The van der Waals surface area contributed by atoms with Crippen LogP contribution in [0.1, 0.15) is 33.8 Å². The highest BCUT2D eigenvalue weighted by atomic mass is 32.1. The van der Waals surface area contributed by atoms with Crippen LogP contribution in [0.4, 0.5) is 0 Å². The Morgan fingerprint density at radius 1 is 1.07 bits per heavy atom. The van der Waals surface area contributed by atoms with E-state index in [-0.39, 0.29) is 5.91 Å². The minimum Gasteiger partial charge on any atom is -0.490 e. The molecular weight excluding hydrogens is 384 g/mol. The summed E-state index contributed by atoms with van der Waals surface area (Å²) >= 11 is 1.57. The first-order chi connectivity index (χ1) is 14.3. The molecule has 0 saturated heterocycles. The summed E-state index contributed by atoms with van der Waals surface area (Å²) in [4.78, 5) is 19.5. The van der Waals surface area contributed by atoms with Gasteiger partial charge in [-0.15, -0.1) is 11.3 Å². The van der Waals surface area contributed by atoms with Gasteiger partial charge < -0.3 is 14.4 Å². The van der Waals surface area contributed by atoms with Crippen molar-refractivity contribution in [3.8, 4) is 11.5 Å². The fourth-order valence-corrected chi connectivity index (χ4v) is 3.98. The quantitative estimate of drug-likeness (QED) is 0.574. The molecular formula is C23H24N2O3S. The SMILES string of the molecule is O=C(c1ccc2c(c1)OCCCO2)N(CCCc1ccccc1)Cc1nccs1. The molecule has 2 heterocycles. The molecule has 0 radical (unpaired) electrons. The summed E-state index contributed by atoms with van der Waals surface area (Å²) < 4.78 is 11.4. The lowest BCUT2D eigenvalue weighted by atomic mass is 10.1. The highest BCUT2D eigenvalue weighted by molar-refractivity contribution is 7.09. The van der Waals surface area contributed by atoms with E-state index >= 15 is 0 Å². The van der Waals surface area contributed by atoms with Crippen molar-refractivity contribution in [3.05, 3.63) is 76.2 Å². The van der Waals surface area contributed by atoms with Gasteiger partial charge in [0.2, 0.25) is 0 Å². The van der Waals surface area contributed by atoms with Gasteiger partial charge in [0.05, 0.1) is 19.8 Å². The molecule has 29 heavy (non-hydrogen) atoms. The largest absolute Gasteiger partial charge is 0.490 e. The van der Waals surface area contributed by atoms with Crippen molar-refractivity contribution in [1.82, 2.24) is 9.88 Å². The van der Waals surface area contributed by atoms with Crippen LogP contribution in [-0.2, 0) is 13.0 Å². The standard InChI is InChI=1S/C23H24N2O3S/c26-23(19-9-10-20-21(16-19)28-14-5-13-27-20)25(17-22-24-11-15-29-22)12-4-8-18-6-2-1-3-7-18/h1-3,6-7,9-11,15-16H,4-5,8,12-14,17H2. The van der Waals surface area contributed by atoms with Gasteiger partial charge in [0.1, 0.15) is 5.01 Å². The number of aromatic nitrogens is 1. The summed E-state index contributed by atoms with van der Waals surface area (Å²) in [6, 6.07) is 15.8. The molecule has 0 bridgehead atoms. The van der Waals surface area contributed by atoms with Crippen LogP contribution in [0.3, 0.4) is 0 Å². The molecule has 150 valence electrons. The van der Waals surface area contributed by atoms with E-state index < -0.39 is 0 Å². The first-order valence-electron chi connectivity index (χ1n) is 9.91. The van der Waals surface area contributed by atoms with Gasteiger partial charge in [0.15, 0.2) is 11.5 Å². The van der Waals surface area contributed by atoms with Crippen LogP contribution in [0.25, 0.3) is 0 Å². The number of thiazole rings is 1. The summed E-state index contributed by atoms with van der Waals surface area (Å²) in [5.74, 6) is 1.34. The summed E-state index contributed by atoms with van der Waals surface area (Å²) in [6.45, 7) is 2.42. The number of fused-ring (bicyclic) bond motifs is 1. The van der Waals surface area contributed by atoms with Gasteiger partial charge in [-0.2, -0.15) is 0 Å². The van der Waals surface area contributed by atoms with Gasteiger partial charge in [-0.05, 0) is 36.6 Å². The summed E-state index contributed by atoms with van der Waals surface area (Å²) in [6.07, 6.45) is 4.45. The number of hydrogen-bond donors (Lipinski definition) is 0. The smallest absolute Gasteiger partial charge is 0.254 e. The monoisotopic (exact) mass is 408 g/mol. The van der Waals surface area contributed by atoms with Crippen molar-refractivity contribution in [3.63, 3.8) is 0 Å². The second kappa shape index (κ2) is 9.56. The third-order valence-electron chi connectivity index (χ3n) is 4.83. The Bertz CT molecular complexity index is 929. The second-order valence-corrected chi connectivity index (χ2v) is 7.93. The van der Waals surface area contributed by atoms with Gasteiger partial charge in [-0.3, -0.25) is 4.79 Å². The molecule has 0 aliphatic carbocycles. The zero-order chi connectivity index (χ0) is 19.9. The molecule has 4 rings (SSSR count). The average molecular weight is 409 g/mol. The maximum atomic E-state index is 13.3. The molecule has 5 nitrogen and oxygen atoms in total. The van der Waals surface area contributed by atoms with Gasteiger partial charge in [0, 0.05) is 30.1 Å². The van der Waals surface area contributed by atoms with E-state index in [1.807, 2.05) is 40.6 Å². The Morgan fingerprint density at radius 3 is 2.69 bits per heavy atom. The minimum atomic E-state index is -0.0103. The van der Waals surface area contributed by atoms with Crippen LogP contribution in [0, 0.1) is 0 Å². The van der Waals surface area contributed by atoms with E-state index in [2.05, 4.69) is 17.1 Å². The number of rotatable bonds is 7. The summed E-state index contributed by atoms with van der Waals surface area (Å²) in [7, 11) is 0. The number of carbonyl (C=O) groups is 1. The third-order valence-corrected chi connectivity index (χ3v) is 5.59. The van der Waals surface area contributed by atoms with Crippen LogP contribution < -0.4 is 9.47 Å². The van der Waals surface area contributed by atoms with Gasteiger partial charge >= 0.3 is 0 Å². The minimum absolute atomic E-state index is 0.0103. The van der Waals surface area contributed by atoms with E-state index in [0.29, 0.717) is 43.4 Å². The second-order valence-electron chi connectivity index (χ2n) is 6.95. The van der Waals surface area contributed by atoms with Crippen LogP contribution in [0.5, 0.6) is 11.5 Å². The Kier molecular flexibility index (Phi) is 6.42. The zero-order valence-electron chi connectivity index (χ0n) is 16.3. The number of hydrogen-bond acceptors (Lipinski definition) is 5. The number of ether oxygens (including phenoxy) is 2. The lowest BCUT2D eigenvalue weighted by Gasteiger charge is -2.22. The number of aryl methyl sites for hydroxylation is 1. The van der Waals surface area contributed by atoms with Crippen LogP contribution in [0.15, 0.2) is 60.1 Å². The first kappa shape index (κ1) is 19.5. The number of amides is 1. The Balaban J connectivity index is 1.48. The van der Waals surface area contributed by atoms with Crippen LogP contribution in [-0.4, -0.2) is 35.5 Å². The molecule has 6 heteroatoms. The predicted molar refractivity (Wildman–Crippen MR) is 114 cm³/mol. The van der Waals surface area contributed by atoms with Crippen molar-refractivity contribution in [2.75, 3.05) is 19.8 Å². The normalized spacial score (nSPS) is 13.0. The van der Waals surface area contributed by atoms with Crippen LogP contribution >= 0.6 is 11.3 Å². The van der Waals surface area contributed by atoms with Gasteiger partial charge in [-0.1, -0.05) is 30.3 Å². The van der Waals surface area contributed by atoms with E-state index in [1.54, 1.807) is 23.6 Å². The van der Waals surface area contributed by atoms with Gasteiger partial charge in [0.25, 0.3) is 5.91 Å². The highest BCUT2D eigenvalue weighted by Crippen LogP contribution is 2.31. The molecule has 0 fully saturated rings. The van der Waals surface area contributed by atoms with E-state index in [0.717, 1.165) is 24.3 Å². The molecule has 0 N–H and O–H groups in total. The molecule has 2 aromatic carbocycles. The number of carbonyl (C=O) groups excluding carboxylic acids is 1. The van der Waals surface area contributed by atoms with E-state index in [9.17, 15) is 4.79 Å². The van der Waals surface area contributed by atoms with E-state index in [4.69, 9.17) is 9.47 Å². The molecule has 0 unspecified atom stereocenters. The molecule has 1 amide bonds. The van der Waals surface area contributed by atoms with Crippen molar-refractivity contribution >= 4 is 17.2 Å². The summed E-state index contributed by atoms with van der Waals surface area (Å²) in [5.41, 5.74) is 1.90. The Labute approximate surface area is 174 Å². The maximum absolute atomic E-state index is 13.3. The number of benzene rings is 2. The van der Waals surface area contributed by atoms with Crippen molar-refractivity contribution in [2.24, 2.45) is 0 Å². The number of nitrogens with zero attached hydrogens (tertiary/aromatic N) is 2. The molecule has 3 aromatic rings. The van der Waals surface area contributed by atoms with Crippen molar-refractivity contribution in [1.29, 1.82) is 0 Å². The topological polar surface area (TPSA) is 51.7 Å². The maximum Gasteiger partial charge on any atom is 0.254 e. The predicted octanol–water partition coefficient (Wildman–Crippen LogP) is 4.58. The van der Waals surface area contributed by atoms with E-state index in [1.165, 1.54) is 5.56 Å². The molecule has 1 aromatic heterocycles. The lowest BCUT2D eigenvalue weighted by molar-refractivity contribution is 0.0740. The fraction of sp³-hybridized carbons (Fsp3) is 0.304. The Hall–Kier alpha value is -2.86. The van der Waals surface area contributed by atoms with Crippen molar-refractivity contribution in [2.45, 2.75) is 25.8 Å². The molecule has 0 spiro atoms. The van der Waals surface area contributed by atoms with Crippen LogP contribution in [0.2, 0.25) is 0 Å². The molecule has 0 saturated carbocycles. The lowest BCUT2D eigenvalue weighted by Crippen LogP contribution is -2.31. The first-order valence-corrected chi connectivity index (χ1v) is 10.8. The highest BCUT2D eigenvalue weighted by Gasteiger charge is 2.20. The summed E-state index contributed by atoms with van der Waals surface area (Å²) in [5, 5.41) is 2.88. The third kappa shape index (κ3) is 5.15.